The predicted molar refractivity (Wildman–Crippen MR) is 72.5 cm³/mol. The van der Waals surface area contributed by atoms with Crippen LogP contribution in [0.3, 0.4) is 0 Å². The van der Waals surface area contributed by atoms with E-state index in [0.29, 0.717) is 5.56 Å². The molecule has 0 bridgehead atoms. The van der Waals surface area contributed by atoms with Crippen LogP contribution in [-0.2, 0) is 13.1 Å². The molecule has 2 aromatic rings. The zero-order valence-corrected chi connectivity index (χ0v) is 11.0. The molecule has 18 heavy (non-hydrogen) atoms. The van der Waals surface area contributed by atoms with E-state index in [0.717, 1.165) is 18.7 Å². The van der Waals surface area contributed by atoms with E-state index in [1.54, 1.807) is 18.4 Å². The van der Waals surface area contributed by atoms with Crippen LogP contribution in [0.4, 0.5) is 0 Å². The molecule has 0 aliphatic carbocycles. The van der Waals surface area contributed by atoms with Gasteiger partial charge in [-0.2, -0.15) is 0 Å². The molecule has 1 heterocycles. The van der Waals surface area contributed by atoms with Crippen molar-refractivity contribution in [3.63, 3.8) is 0 Å². The Morgan fingerprint density at radius 1 is 1.28 bits per heavy atom. The number of hydrogen-bond acceptors (Lipinski definition) is 4. The van der Waals surface area contributed by atoms with Crippen molar-refractivity contribution in [3.8, 4) is 0 Å². The molecule has 0 atom stereocenters. The quantitative estimate of drug-likeness (QED) is 0.863. The average molecular weight is 261 g/mol. The first-order chi connectivity index (χ1) is 8.79. The van der Waals surface area contributed by atoms with Crippen molar-refractivity contribution >= 4 is 17.2 Å². The van der Waals surface area contributed by atoms with E-state index >= 15 is 0 Å². The highest BCUT2D eigenvalue weighted by Gasteiger charge is 2.02. The van der Waals surface area contributed by atoms with Crippen molar-refractivity contribution < 1.29 is 4.79 Å². The monoisotopic (exact) mass is 261 g/mol. The van der Waals surface area contributed by atoms with E-state index < -0.39 is 0 Å². The van der Waals surface area contributed by atoms with Gasteiger partial charge in [-0.1, -0.05) is 12.1 Å². The Bertz CT molecular complexity index is 493. The molecule has 2 rings (SSSR count). The van der Waals surface area contributed by atoms with Crippen molar-refractivity contribution in [3.05, 3.63) is 52.0 Å². The lowest BCUT2D eigenvalue weighted by molar-refractivity contribution is 0.0963. The van der Waals surface area contributed by atoms with Gasteiger partial charge in [0.15, 0.2) is 0 Å². The Morgan fingerprint density at radius 3 is 2.67 bits per heavy atom. The highest BCUT2D eigenvalue weighted by atomic mass is 32.1. The summed E-state index contributed by atoms with van der Waals surface area (Å²) < 4.78 is 0. The summed E-state index contributed by atoms with van der Waals surface area (Å²) in [6, 6.07) is 7.60. The molecule has 4 nitrogen and oxygen atoms in total. The molecule has 1 aromatic carbocycles. The molecule has 0 aliphatic heterocycles. The van der Waals surface area contributed by atoms with Gasteiger partial charge in [0.25, 0.3) is 5.91 Å². The van der Waals surface area contributed by atoms with Crippen LogP contribution in [0.1, 0.15) is 20.8 Å². The maximum Gasteiger partial charge on any atom is 0.251 e. The SMILES string of the molecule is CNC(=O)c1ccc(CNCc2cncs2)cc1. The summed E-state index contributed by atoms with van der Waals surface area (Å²) in [5.74, 6) is -0.0563. The van der Waals surface area contributed by atoms with Crippen molar-refractivity contribution in [2.45, 2.75) is 13.1 Å². The third kappa shape index (κ3) is 3.38. The molecule has 1 aromatic heterocycles. The van der Waals surface area contributed by atoms with Gasteiger partial charge in [-0.25, -0.2) is 0 Å². The van der Waals surface area contributed by atoms with Gasteiger partial charge in [0, 0.05) is 36.8 Å². The normalized spacial score (nSPS) is 10.3. The molecule has 0 fully saturated rings. The third-order valence-corrected chi connectivity index (χ3v) is 3.33. The Hall–Kier alpha value is -1.72. The molecular weight excluding hydrogens is 246 g/mol. The summed E-state index contributed by atoms with van der Waals surface area (Å²) in [7, 11) is 1.63. The standard InChI is InChI=1S/C13H15N3OS/c1-14-13(17)11-4-2-10(3-5-11)6-15-7-12-8-16-9-18-12/h2-5,8-9,15H,6-7H2,1H3,(H,14,17). The first-order valence-corrected chi connectivity index (χ1v) is 6.56. The first-order valence-electron chi connectivity index (χ1n) is 5.68. The number of thiazole rings is 1. The van der Waals surface area contributed by atoms with Crippen LogP contribution in [0.2, 0.25) is 0 Å². The number of carbonyl (C=O) groups excluding carboxylic acids is 1. The molecule has 1 amide bonds. The van der Waals surface area contributed by atoms with Gasteiger partial charge in [0.05, 0.1) is 5.51 Å². The molecule has 0 saturated carbocycles. The maximum atomic E-state index is 11.4. The molecule has 0 saturated heterocycles. The summed E-state index contributed by atoms with van der Waals surface area (Å²) >= 11 is 1.64. The van der Waals surface area contributed by atoms with Crippen molar-refractivity contribution in [2.75, 3.05) is 7.05 Å². The number of rotatable bonds is 5. The zero-order chi connectivity index (χ0) is 12.8. The molecule has 0 spiro atoms. The number of nitrogens with zero attached hydrogens (tertiary/aromatic N) is 1. The molecular formula is C13H15N3OS. The van der Waals surface area contributed by atoms with Crippen LogP contribution >= 0.6 is 11.3 Å². The third-order valence-electron chi connectivity index (χ3n) is 2.56. The number of hydrogen-bond donors (Lipinski definition) is 2. The highest BCUT2D eigenvalue weighted by molar-refractivity contribution is 7.09. The number of aromatic nitrogens is 1. The van der Waals surface area contributed by atoms with Gasteiger partial charge >= 0.3 is 0 Å². The van der Waals surface area contributed by atoms with Crippen molar-refractivity contribution in [1.29, 1.82) is 0 Å². The second kappa shape index (κ2) is 6.28. The molecule has 0 aliphatic rings. The van der Waals surface area contributed by atoms with Crippen LogP contribution in [0.25, 0.3) is 0 Å². The number of carbonyl (C=O) groups is 1. The molecule has 2 N–H and O–H groups in total. The lowest BCUT2D eigenvalue weighted by Gasteiger charge is -2.04. The lowest BCUT2D eigenvalue weighted by Crippen LogP contribution is -2.18. The topological polar surface area (TPSA) is 54.0 Å². The Kier molecular flexibility index (Phi) is 4.44. The fraction of sp³-hybridized carbons (Fsp3) is 0.231. The second-order valence-electron chi connectivity index (χ2n) is 3.85. The number of amides is 1. The predicted octanol–water partition coefficient (Wildman–Crippen LogP) is 1.79. The van der Waals surface area contributed by atoms with E-state index in [1.807, 2.05) is 36.0 Å². The van der Waals surface area contributed by atoms with Gasteiger partial charge < -0.3 is 10.6 Å². The Morgan fingerprint density at radius 2 is 2.06 bits per heavy atom. The van der Waals surface area contributed by atoms with Crippen molar-refractivity contribution in [1.82, 2.24) is 15.6 Å². The minimum absolute atomic E-state index is 0.0563. The molecule has 0 unspecified atom stereocenters. The molecule has 94 valence electrons. The maximum absolute atomic E-state index is 11.4. The van der Waals surface area contributed by atoms with E-state index in [9.17, 15) is 4.79 Å². The van der Waals surface area contributed by atoms with Gasteiger partial charge in [-0.05, 0) is 17.7 Å². The van der Waals surface area contributed by atoms with E-state index in [1.165, 1.54) is 4.88 Å². The smallest absolute Gasteiger partial charge is 0.251 e. The molecule has 5 heteroatoms. The summed E-state index contributed by atoms with van der Waals surface area (Å²) in [6.45, 7) is 1.60. The van der Waals surface area contributed by atoms with Crippen LogP contribution in [0.5, 0.6) is 0 Å². The number of benzene rings is 1. The van der Waals surface area contributed by atoms with E-state index in [-0.39, 0.29) is 5.91 Å². The van der Waals surface area contributed by atoms with Gasteiger partial charge in [0.1, 0.15) is 0 Å². The first kappa shape index (κ1) is 12.7. The Labute approximate surface area is 110 Å². The van der Waals surface area contributed by atoms with Crippen molar-refractivity contribution in [2.24, 2.45) is 0 Å². The minimum atomic E-state index is -0.0563. The van der Waals surface area contributed by atoms with Gasteiger partial charge in [-0.3, -0.25) is 9.78 Å². The number of nitrogens with one attached hydrogen (secondary N) is 2. The zero-order valence-electron chi connectivity index (χ0n) is 10.1. The fourth-order valence-electron chi connectivity index (χ4n) is 1.58. The van der Waals surface area contributed by atoms with Gasteiger partial charge in [0.2, 0.25) is 0 Å². The largest absolute Gasteiger partial charge is 0.355 e. The summed E-state index contributed by atoms with van der Waals surface area (Å²) in [4.78, 5) is 16.6. The van der Waals surface area contributed by atoms with E-state index in [2.05, 4.69) is 15.6 Å². The van der Waals surface area contributed by atoms with E-state index in [4.69, 9.17) is 0 Å². The van der Waals surface area contributed by atoms with Crippen LogP contribution < -0.4 is 10.6 Å². The minimum Gasteiger partial charge on any atom is -0.355 e. The van der Waals surface area contributed by atoms with Crippen LogP contribution in [-0.4, -0.2) is 17.9 Å². The lowest BCUT2D eigenvalue weighted by atomic mass is 10.1. The molecule has 0 radical (unpaired) electrons. The summed E-state index contributed by atoms with van der Waals surface area (Å²) in [5, 5.41) is 5.94. The fourth-order valence-corrected chi connectivity index (χ4v) is 2.14. The highest BCUT2D eigenvalue weighted by Crippen LogP contribution is 2.07. The Balaban J connectivity index is 1.85. The summed E-state index contributed by atoms with van der Waals surface area (Å²) in [5.41, 5.74) is 3.67. The van der Waals surface area contributed by atoms with Crippen LogP contribution in [0.15, 0.2) is 36.0 Å². The van der Waals surface area contributed by atoms with Gasteiger partial charge in [-0.15, -0.1) is 11.3 Å². The van der Waals surface area contributed by atoms with Crippen LogP contribution in [0, 0.1) is 0 Å². The second-order valence-corrected chi connectivity index (χ2v) is 4.82. The average Bonchev–Trinajstić information content (AvgIpc) is 2.92. The summed E-state index contributed by atoms with van der Waals surface area (Å²) in [6.07, 6.45) is 1.87.